The smallest absolute Gasteiger partial charge is 0.0713 e. The van der Waals surface area contributed by atoms with Gasteiger partial charge in [0.1, 0.15) is 0 Å². The lowest BCUT2D eigenvalue weighted by atomic mass is 9.91. The molecule has 0 amide bonds. The predicted molar refractivity (Wildman–Crippen MR) is 114 cm³/mol. The Labute approximate surface area is 169 Å². The molecule has 1 aliphatic rings. The molecule has 1 fully saturated rings. The zero-order valence-electron chi connectivity index (χ0n) is 17.2. The molecular weight excluding hydrogens is 344 g/mol. The van der Waals surface area contributed by atoms with E-state index in [1.54, 1.807) is 0 Å². The molecule has 148 valence electrons. The second kappa shape index (κ2) is 9.87. The molecule has 2 aromatic carbocycles. The van der Waals surface area contributed by atoms with E-state index in [2.05, 4.69) is 67.3 Å². The Kier molecular flexibility index (Phi) is 7.25. The molecule has 0 aliphatic carbocycles. The maximum absolute atomic E-state index is 9.62. The van der Waals surface area contributed by atoms with Gasteiger partial charge < -0.3 is 4.74 Å². The third-order valence-corrected chi connectivity index (χ3v) is 5.71. The lowest BCUT2D eigenvalue weighted by Gasteiger charge is -2.41. The molecule has 0 radical (unpaired) electrons. The van der Waals surface area contributed by atoms with Gasteiger partial charge in [-0.3, -0.25) is 4.90 Å². The van der Waals surface area contributed by atoms with Crippen LogP contribution in [0.5, 0.6) is 0 Å². The SMILES string of the molecule is CC1(C)CC(N(CCCC(C#N)c2ccccc2)Cc2ccccc2)CCO1. The predicted octanol–water partition coefficient (Wildman–Crippen LogP) is 5.53. The van der Waals surface area contributed by atoms with E-state index in [0.717, 1.165) is 50.9 Å². The van der Waals surface area contributed by atoms with Gasteiger partial charge in [-0.1, -0.05) is 60.7 Å². The second-order valence-corrected chi connectivity index (χ2v) is 8.45. The van der Waals surface area contributed by atoms with E-state index < -0.39 is 0 Å². The van der Waals surface area contributed by atoms with Gasteiger partial charge in [0.2, 0.25) is 0 Å². The monoisotopic (exact) mass is 376 g/mol. The van der Waals surface area contributed by atoms with Crippen LogP contribution in [-0.2, 0) is 11.3 Å². The second-order valence-electron chi connectivity index (χ2n) is 8.45. The minimum atomic E-state index is -0.0584. The van der Waals surface area contributed by atoms with E-state index in [4.69, 9.17) is 4.74 Å². The van der Waals surface area contributed by atoms with E-state index in [0.29, 0.717) is 6.04 Å². The van der Waals surface area contributed by atoms with Crippen molar-refractivity contribution in [2.24, 2.45) is 0 Å². The van der Waals surface area contributed by atoms with Crippen molar-refractivity contribution in [1.82, 2.24) is 4.90 Å². The molecule has 1 aliphatic heterocycles. The zero-order chi connectivity index (χ0) is 19.8. The van der Waals surface area contributed by atoms with Crippen LogP contribution in [0.2, 0.25) is 0 Å². The summed E-state index contributed by atoms with van der Waals surface area (Å²) in [5.41, 5.74) is 2.43. The zero-order valence-corrected chi connectivity index (χ0v) is 17.2. The van der Waals surface area contributed by atoms with Gasteiger partial charge in [0.15, 0.2) is 0 Å². The Morgan fingerprint density at radius 3 is 2.43 bits per heavy atom. The van der Waals surface area contributed by atoms with Crippen LogP contribution in [0.3, 0.4) is 0 Å². The number of ether oxygens (including phenoxy) is 1. The molecule has 0 N–H and O–H groups in total. The number of hydrogen-bond donors (Lipinski definition) is 0. The van der Waals surface area contributed by atoms with Crippen LogP contribution in [0.4, 0.5) is 0 Å². The third kappa shape index (κ3) is 5.92. The minimum absolute atomic E-state index is 0.0223. The first-order chi connectivity index (χ1) is 13.6. The van der Waals surface area contributed by atoms with Gasteiger partial charge in [-0.25, -0.2) is 0 Å². The highest BCUT2D eigenvalue weighted by molar-refractivity contribution is 5.24. The topological polar surface area (TPSA) is 36.3 Å². The van der Waals surface area contributed by atoms with Crippen LogP contribution in [0.15, 0.2) is 60.7 Å². The summed E-state index contributed by atoms with van der Waals surface area (Å²) >= 11 is 0. The summed E-state index contributed by atoms with van der Waals surface area (Å²) < 4.78 is 5.94. The molecule has 3 nitrogen and oxygen atoms in total. The molecule has 0 bridgehead atoms. The van der Waals surface area contributed by atoms with Crippen molar-refractivity contribution >= 4 is 0 Å². The standard InChI is InChI=1S/C25H32N2O/c1-25(2)18-24(15-17-28-25)27(20-21-10-5-3-6-11-21)16-9-14-23(19-26)22-12-7-4-8-13-22/h3-8,10-13,23-24H,9,14-18,20H2,1-2H3. The Bertz CT molecular complexity index is 751. The molecule has 1 saturated heterocycles. The molecule has 28 heavy (non-hydrogen) atoms. The fourth-order valence-electron chi connectivity index (χ4n) is 4.21. The van der Waals surface area contributed by atoms with Gasteiger partial charge in [0, 0.05) is 19.2 Å². The van der Waals surface area contributed by atoms with Gasteiger partial charge in [-0.2, -0.15) is 5.26 Å². The van der Waals surface area contributed by atoms with E-state index >= 15 is 0 Å². The van der Waals surface area contributed by atoms with Crippen molar-refractivity contribution in [2.75, 3.05) is 13.2 Å². The lowest BCUT2D eigenvalue weighted by molar-refractivity contribution is -0.0847. The van der Waals surface area contributed by atoms with Crippen LogP contribution in [0.25, 0.3) is 0 Å². The quantitative estimate of drug-likeness (QED) is 0.607. The molecule has 3 rings (SSSR count). The van der Waals surface area contributed by atoms with E-state index in [1.807, 2.05) is 18.2 Å². The maximum Gasteiger partial charge on any atom is 0.0713 e. The maximum atomic E-state index is 9.62. The van der Waals surface area contributed by atoms with Crippen LogP contribution < -0.4 is 0 Å². The highest BCUT2D eigenvalue weighted by Crippen LogP contribution is 2.29. The minimum Gasteiger partial charge on any atom is -0.375 e. The van der Waals surface area contributed by atoms with Crippen LogP contribution in [-0.4, -0.2) is 29.7 Å². The van der Waals surface area contributed by atoms with Crippen molar-refractivity contribution in [3.63, 3.8) is 0 Å². The number of hydrogen-bond acceptors (Lipinski definition) is 3. The molecular formula is C25H32N2O. The molecule has 2 atom stereocenters. The molecule has 0 spiro atoms. The summed E-state index contributed by atoms with van der Waals surface area (Å²) in [6.45, 7) is 7.19. The van der Waals surface area contributed by atoms with E-state index in [1.165, 1.54) is 5.56 Å². The molecule has 0 aromatic heterocycles. The van der Waals surface area contributed by atoms with Crippen LogP contribution in [0.1, 0.15) is 56.6 Å². The molecule has 1 heterocycles. The average molecular weight is 377 g/mol. The van der Waals surface area contributed by atoms with Crippen molar-refractivity contribution < 1.29 is 4.74 Å². The van der Waals surface area contributed by atoms with Gasteiger partial charge in [0.05, 0.1) is 17.6 Å². The highest BCUT2D eigenvalue weighted by atomic mass is 16.5. The normalized spacial score (nSPS) is 19.9. The van der Waals surface area contributed by atoms with Gasteiger partial charge in [0.25, 0.3) is 0 Å². The van der Waals surface area contributed by atoms with Crippen molar-refractivity contribution in [1.29, 1.82) is 5.26 Å². The van der Waals surface area contributed by atoms with Crippen LogP contribution >= 0.6 is 0 Å². The Morgan fingerprint density at radius 1 is 1.11 bits per heavy atom. The molecule has 0 saturated carbocycles. The third-order valence-electron chi connectivity index (χ3n) is 5.71. The summed E-state index contributed by atoms with van der Waals surface area (Å²) in [4.78, 5) is 2.61. The largest absolute Gasteiger partial charge is 0.375 e. The van der Waals surface area contributed by atoms with Crippen molar-refractivity contribution in [3.05, 3.63) is 71.8 Å². The van der Waals surface area contributed by atoms with E-state index in [-0.39, 0.29) is 11.5 Å². The van der Waals surface area contributed by atoms with Gasteiger partial charge in [-0.05, 0) is 57.2 Å². The summed E-state index contributed by atoms with van der Waals surface area (Å²) in [6.07, 6.45) is 4.06. The fraction of sp³-hybridized carbons (Fsp3) is 0.480. The van der Waals surface area contributed by atoms with Crippen molar-refractivity contribution in [2.45, 2.75) is 63.6 Å². The summed E-state index contributed by atoms with van der Waals surface area (Å²) in [6, 6.07) is 23.9. The first-order valence-electron chi connectivity index (χ1n) is 10.4. The first-order valence-corrected chi connectivity index (χ1v) is 10.4. The molecule has 2 aromatic rings. The van der Waals surface area contributed by atoms with Gasteiger partial charge >= 0.3 is 0 Å². The summed E-state index contributed by atoms with van der Waals surface area (Å²) in [7, 11) is 0. The Balaban J connectivity index is 1.64. The number of nitriles is 1. The summed E-state index contributed by atoms with van der Waals surface area (Å²) in [5, 5.41) is 9.62. The van der Waals surface area contributed by atoms with Crippen LogP contribution in [0, 0.1) is 11.3 Å². The Morgan fingerprint density at radius 2 is 1.79 bits per heavy atom. The lowest BCUT2D eigenvalue weighted by Crippen LogP contribution is -2.46. The first kappa shape index (κ1) is 20.6. The van der Waals surface area contributed by atoms with E-state index in [9.17, 15) is 5.26 Å². The number of benzene rings is 2. The number of nitrogens with zero attached hydrogens (tertiary/aromatic N) is 2. The summed E-state index contributed by atoms with van der Waals surface area (Å²) in [5.74, 6) is -0.0223. The van der Waals surface area contributed by atoms with Crippen molar-refractivity contribution in [3.8, 4) is 6.07 Å². The molecule has 3 heteroatoms. The fourth-order valence-corrected chi connectivity index (χ4v) is 4.21. The van der Waals surface area contributed by atoms with Gasteiger partial charge in [-0.15, -0.1) is 0 Å². The Hall–Kier alpha value is -2.15. The average Bonchev–Trinajstić information content (AvgIpc) is 2.71. The highest BCUT2D eigenvalue weighted by Gasteiger charge is 2.32. The molecule has 2 unspecified atom stereocenters. The number of rotatable bonds is 8.